The second-order valence-corrected chi connectivity index (χ2v) is 7.53. The first-order chi connectivity index (χ1) is 13.4. The van der Waals surface area contributed by atoms with Gasteiger partial charge in [0.1, 0.15) is 0 Å². The maximum Gasteiger partial charge on any atom is 0.311 e. The van der Waals surface area contributed by atoms with E-state index in [1.165, 1.54) is 0 Å². The molecule has 0 aliphatic carbocycles. The van der Waals surface area contributed by atoms with Gasteiger partial charge >= 0.3 is 5.97 Å². The minimum Gasteiger partial charge on any atom is -0.457 e. The van der Waals surface area contributed by atoms with Crippen LogP contribution in [0.5, 0.6) is 0 Å². The highest BCUT2D eigenvalue weighted by atomic mass is 35.5. The van der Waals surface area contributed by atoms with Gasteiger partial charge in [0.05, 0.1) is 5.92 Å². The van der Waals surface area contributed by atoms with E-state index in [4.69, 9.17) is 27.9 Å². The Morgan fingerprint density at radius 1 is 1.00 bits per heavy atom. The monoisotopic (exact) mass is 419 g/mol. The summed E-state index contributed by atoms with van der Waals surface area (Å²) in [6.45, 7) is 0.476. The van der Waals surface area contributed by atoms with Gasteiger partial charge in [-0.1, -0.05) is 35.3 Å². The second-order valence-electron chi connectivity index (χ2n) is 6.66. The Labute approximate surface area is 173 Å². The molecule has 1 heterocycles. The number of Topliss-reactive ketones (excluding diaryl/α,β-unsaturated/α-hetero) is 1. The molecule has 3 rings (SSSR count). The van der Waals surface area contributed by atoms with Crippen molar-refractivity contribution in [1.29, 1.82) is 0 Å². The summed E-state index contributed by atoms with van der Waals surface area (Å²) in [6, 6.07) is 13.8. The smallest absolute Gasteiger partial charge is 0.311 e. The highest BCUT2D eigenvalue weighted by Gasteiger charge is 2.35. The number of ether oxygens (including phenoxy) is 1. The van der Waals surface area contributed by atoms with E-state index in [0.717, 1.165) is 5.56 Å². The van der Waals surface area contributed by atoms with Crippen LogP contribution in [0.25, 0.3) is 0 Å². The lowest BCUT2D eigenvalue weighted by Crippen LogP contribution is -2.29. The fourth-order valence-electron chi connectivity index (χ4n) is 3.03. The van der Waals surface area contributed by atoms with Crippen molar-refractivity contribution in [2.75, 3.05) is 19.7 Å². The number of halogens is 2. The number of rotatable bonds is 7. The summed E-state index contributed by atoms with van der Waals surface area (Å²) in [5.41, 5.74) is 1.49. The van der Waals surface area contributed by atoms with Crippen molar-refractivity contribution in [3.8, 4) is 0 Å². The average Bonchev–Trinajstić information content (AvgIpc) is 3.07. The van der Waals surface area contributed by atoms with E-state index in [2.05, 4.69) is 0 Å². The third kappa shape index (κ3) is 5.33. The number of ketones is 1. The normalized spacial score (nSPS) is 16.3. The highest BCUT2D eigenvalue weighted by molar-refractivity contribution is 6.30. The number of hydrogen-bond donors (Lipinski definition) is 0. The molecular weight excluding hydrogens is 401 g/mol. The summed E-state index contributed by atoms with van der Waals surface area (Å²) in [7, 11) is 0. The Bertz CT molecular complexity index is 865. The molecule has 0 bridgehead atoms. The SMILES string of the molecule is O=C(COC(=O)[C@@H]1CC(=O)N(CCc2ccc(Cl)cc2)C1)c1ccc(Cl)cc1. The summed E-state index contributed by atoms with van der Waals surface area (Å²) < 4.78 is 5.13. The van der Waals surface area contributed by atoms with E-state index in [9.17, 15) is 14.4 Å². The van der Waals surface area contributed by atoms with Gasteiger partial charge in [0.15, 0.2) is 12.4 Å². The van der Waals surface area contributed by atoms with Crippen LogP contribution >= 0.6 is 23.2 Å². The number of esters is 1. The standard InChI is InChI=1S/C21H19Cl2NO4/c22-17-5-1-14(2-6-17)9-10-24-12-16(11-20(24)26)21(27)28-13-19(25)15-3-7-18(23)8-4-15/h1-8,16H,9-13H2/t16-/m1/s1. The molecule has 1 amide bonds. The van der Waals surface area contributed by atoms with Crippen LogP contribution in [0.3, 0.4) is 0 Å². The number of hydrogen-bond acceptors (Lipinski definition) is 4. The molecule has 2 aromatic rings. The molecule has 1 atom stereocenters. The molecule has 1 aliphatic heterocycles. The van der Waals surface area contributed by atoms with E-state index >= 15 is 0 Å². The van der Waals surface area contributed by atoms with Gasteiger partial charge in [-0.25, -0.2) is 0 Å². The first-order valence-corrected chi connectivity index (χ1v) is 9.65. The number of amides is 1. The van der Waals surface area contributed by atoms with Gasteiger partial charge in [-0.05, 0) is 48.4 Å². The zero-order valence-electron chi connectivity index (χ0n) is 15.1. The highest BCUT2D eigenvalue weighted by Crippen LogP contribution is 2.20. The molecule has 28 heavy (non-hydrogen) atoms. The molecule has 0 N–H and O–H groups in total. The van der Waals surface area contributed by atoms with Crippen LogP contribution in [0.2, 0.25) is 10.0 Å². The fraction of sp³-hybridized carbons (Fsp3) is 0.286. The van der Waals surface area contributed by atoms with E-state index in [1.54, 1.807) is 41.3 Å². The van der Waals surface area contributed by atoms with Crippen LogP contribution < -0.4 is 0 Å². The van der Waals surface area contributed by atoms with Crippen molar-refractivity contribution in [3.05, 3.63) is 69.7 Å². The number of carbonyl (C=O) groups is 3. The van der Waals surface area contributed by atoms with Crippen molar-refractivity contribution in [1.82, 2.24) is 4.90 Å². The zero-order valence-corrected chi connectivity index (χ0v) is 16.6. The number of carbonyl (C=O) groups excluding carboxylic acids is 3. The van der Waals surface area contributed by atoms with E-state index < -0.39 is 11.9 Å². The first-order valence-electron chi connectivity index (χ1n) is 8.90. The topological polar surface area (TPSA) is 63.7 Å². The second kappa shape index (κ2) is 9.22. The predicted molar refractivity (Wildman–Crippen MR) is 107 cm³/mol. The Balaban J connectivity index is 1.47. The number of benzene rings is 2. The van der Waals surface area contributed by atoms with E-state index in [-0.39, 0.29) is 24.7 Å². The van der Waals surface area contributed by atoms with Crippen LogP contribution in [0.4, 0.5) is 0 Å². The lowest BCUT2D eigenvalue weighted by Gasteiger charge is -2.16. The third-order valence-electron chi connectivity index (χ3n) is 4.64. The van der Waals surface area contributed by atoms with Gasteiger partial charge in [0.2, 0.25) is 5.91 Å². The molecule has 0 unspecified atom stereocenters. The minimum atomic E-state index is -0.546. The van der Waals surface area contributed by atoms with Crippen molar-refractivity contribution in [3.63, 3.8) is 0 Å². The minimum absolute atomic E-state index is 0.0834. The van der Waals surface area contributed by atoms with E-state index in [0.29, 0.717) is 35.1 Å². The molecule has 0 saturated carbocycles. The zero-order chi connectivity index (χ0) is 20.1. The molecule has 1 fully saturated rings. The summed E-state index contributed by atoms with van der Waals surface area (Å²) in [6.07, 6.45) is 0.786. The molecule has 146 valence electrons. The van der Waals surface area contributed by atoms with Gasteiger partial charge in [0, 0.05) is 35.1 Å². The fourth-order valence-corrected chi connectivity index (χ4v) is 3.29. The molecule has 1 saturated heterocycles. The van der Waals surface area contributed by atoms with Gasteiger partial charge in [-0.15, -0.1) is 0 Å². The molecule has 2 aromatic carbocycles. The summed E-state index contributed by atoms with van der Waals surface area (Å²) in [5.74, 6) is -1.46. The lowest BCUT2D eigenvalue weighted by atomic mass is 10.1. The van der Waals surface area contributed by atoms with Gasteiger partial charge in [-0.2, -0.15) is 0 Å². The van der Waals surface area contributed by atoms with Crippen molar-refractivity contribution < 1.29 is 19.1 Å². The Hall–Kier alpha value is -2.37. The van der Waals surface area contributed by atoms with Crippen LogP contribution in [0, 0.1) is 5.92 Å². The molecule has 0 aromatic heterocycles. The van der Waals surface area contributed by atoms with E-state index in [1.807, 2.05) is 12.1 Å². The number of likely N-dealkylation sites (tertiary alicyclic amines) is 1. The first kappa shape index (κ1) is 20.4. The van der Waals surface area contributed by atoms with Crippen LogP contribution in [-0.2, 0) is 20.7 Å². The quantitative estimate of drug-likeness (QED) is 0.505. The maximum absolute atomic E-state index is 12.2. The molecule has 0 radical (unpaired) electrons. The summed E-state index contributed by atoms with van der Waals surface area (Å²) in [5, 5.41) is 1.19. The predicted octanol–water partition coefficient (Wildman–Crippen LogP) is 3.81. The Morgan fingerprint density at radius 3 is 2.25 bits per heavy atom. The molecule has 0 spiro atoms. The van der Waals surface area contributed by atoms with Gasteiger partial charge < -0.3 is 9.64 Å². The van der Waals surface area contributed by atoms with Gasteiger partial charge in [-0.3, -0.25) is 14.4 Å². The van der Waals surface area contributed by atoms with Crippen LogP contribution in [0.15, 0.2) is 48.5 Å². The van der Waals surface area contributed by atoms with Crippen molar-refractivity contribution >= 4 is 40.9 Å². The summed E-state index contributed by atoms with van der Waals surface area (Å²) >= 11 is 11.7. The Kier molecular flexibility index (Phi) is 6.70. The molecule has 5 nitrogen and oxygen atoms in total. The third-order valence-corrected chi connectivity index (χ3v) is 5.15. The number of nitrogens with zero attached hydrogens (tertiary/aromatic N) is 1. The summed E-state index contributed by atoms with van der Waals surface area (Å²) in [4.78, 5) is 38.2. The van der Waals surface area contributed by atoms with Crippen LogP contribution in [0.1, 0.15) is 22.3 Å². The van der Waals surface area contributed by atoms with Crippen molar-refractivity contribution in [2.45, 2.75) is 12.8 Å². The molecule has 7 heteroatoms. The van der Waals surface area contributed by atoms with Crippen LogP contribution in [-0.4, -0.2) is 42.3 Å². The Morgan fingerprint density at radius 2 is 1.61 bits per heavy atom. The molecular formula is C21H19Cl2NO4. The average molecular weight is 420 g/mol. The molecule has 1 aliphatic rings. The largest absolute Gasteiger partial charge is 0.457 e. The lowest BCUT2D eigenvalue weighted by molar-refractivity contribution is -0.147. The van der Waals surface area contributed by atoms with Crippen molar-refractivity contribution in [2.24, 2.45) is 5.92 Å². The van der Waals surface area contributed by atoms with Gasteiger partial charge in [0.25, 0.3) is 0 Å². The maximum atomic E-state index is 12.2.